The van der Waals surface area contributed by atoms with Crippen LogP contribution in [0.4, 0.5) is 11.4 Å². The predicted octanol–water partition coefficient (Wildman–Crippen LogP) is 0.649. The quantitative estimate of drug-likeness (QED) is 0.472. The van der Waals surface area contributed by atoms with E-state index in [9.17, 15) is 14.9 Å². The number of hydrogen-bond donors (Lipinski definition) is 1. The SMILES string of the molecule is Nc1ccc(C(=O)N2CCOCC2)c([N+](=O)[O-])c1. The minimum absolute atomic E-state index is 0.0658. The van der Waals surface area contributed by atoms with Crippen molar-refractivity contribution in [3.8, 4) is 0 Å². The lowest BCUT2D eigenvalue weighted by molar-refractivity contribution is -0.385. The fraction of sp³-hybridized carbons (Fsp3) is 0.364. The summed E-state index contributed by atoms with van der Waals surface area (Å²) >= 11 is 0. The molecule has 2 N–H and O–H groups in total. The van der Waals surface area contributed by atoms with Crippen molar-refractivity contribution in [1.82, 2.24) is 4.90 Å². The smallest absolute Gasteiger partial charge is 0.284 e. The van der Waals surface area contributed by atoms with Gasteiger partial charge in [-0.15, -0.1) is 0 Å². The van der Waals surface area contributed by atoms with Crippen LogP contribution >= 0.6 is 0 Å². The molecular weight excluding hydrogens is 238 g/mol. The van der Waals surface area contributed by atoms with Crippen molar-refractivity contribution in [3.63, 3.8) is 0 Å². The van der Waals surface area contributed by atoms with Gasteiger partial charge in [-0.1, -0.05) is 0 Å². The number of nitro groups is 1. The number of carbonyl (C=O) groups is 1. The van der Waals surface area contributed by atoms with E-state index in [1.165, 1.54) is 18.2 Å². The molecule has 1 amide bonds. The monoisotopic (exact) mass is 251 g/mol. The topological polar surface area (TPSA) is 98.7 Å². The number of rotatable bonds is 2. The van der Waals surface area contributed by atoms with Gasteiger partial charge in [0.1, 0.15) is 5.56 Å². The van der Waals surface area contributed by atoms with Crippen molar-refractivity contribution in [2.45, 2.75) is 0 Å². The number of nitrogens with zero attached hydrogens (tertiary/aromatic N) is 2. The standard InChI is InChI=1S/C11H13N3O4/c12-8-1-2-9(10(7-8)14(16)17)11(15)13-3-5-18-6-4-13/h1-2,7H,3-6,12H2. The second-order valence-corrected chi connectivity index (χ2v) is 3.94. The highest BCUT2D eigenvalue weighted by Crippen LogP contribution is 2.23. The predicted molar refractivity (Wildman–Crippen MR) is 64.2 cm³/mol. The number of anilines is 1. The van der Waals surface area contributed by atoms with E-state index in [1.807, 2.05) is 0 Å². The lowest BCUT2D eigenvalue weighted by Crippen LogP contribution is -2.40. The van der Waals surface area contributed by atoms with Crippen molar-refractivity contribution in [2.24, 2.45) is 0 Å². The molecule has 7 heteroatoms. The molecule has 0 spiro atoms. The summed E-state index contributed by atoms with van der Waals surface area (Å²) in [7, 11) is 0. The van der Waals surface area contributed by atoms with E-state index in [1.54, 1.807) is 4.90 Å². The minimum atomic E-state index is -0.593. The Morgan fingerprint density at radius 3 is 2.67 bits per heavy atom. The molecule has 18 heavy (non-hydrogen) atoms. The number of carbonyl (C=O) groups excluding carboxylic acids is 1. The van der Waals surface area contributed by atoms with E-state index in [4.69, 9.17) is 10.5 Å². The Bertz CT molecular complexity index is 483. The van der Waals surface area contributed by atoms with Crippen LogP contribution in [-0.2, 0) is 4.74 Å². The average Bonchev–Trinajstić information content (AvgIpc) is 2.39. The zero-order valence-corrected chi connectivity index (χ0v) is 9.67. The van der Waals surface area contributed by atoms with Crippen LogP contribution in [0.15, 0.2) is 18.2 Å². The van der Waals surface area contributed by atoms with Crippen LogP contribution in [0.2, 0.25) is 0 Å². The molecule has 0 unspecified atom stereocenters. The van der Waals surface area contributed by atoms with E-state index in [0.29, 0.717) is 26.3 Å². The number of nitrogens with two attached hydrogens (primary N) is 1. The molecule has 2 rings (SSSR count). The number of hydrogen-bond acceptors (Lipinski definition) is 5. The molecule has 1 fully saturated rings. The number of benzene rings is 1. The zero-order valence-electron chi connectivity index (χ0n) is 9.67. The summed E-state index contributed by atoms with van der Waals surface area (Å²) in [6, 6.07) is 4.08. The maximum absolute atomic E-state index is 12.2. The minimum Gasteiger partial charge on any atom is -0.399 e. The van der Waals surface area contributed by atoms with Crippen LogP contribution < -0.4 is 5.73 Å². The fourth-order valence-electron chi connectivity index (χ4n) is 1.82. The molecule has 1 aromatic rings. The van der Waals surface area contributed by atoms with Crippen molar-refractivity contribution < 1.29 is 14.5 Å². The normalized spacial score (nSPS) is 15.4. The fourth-order valence-corrected chi connectivity index (χ4v) is 1.82. The molecule has 0 saturated carbocycles. The van der Waals surface area contributed by atoms with Gasteiger partial charge in [0.25, 0.3) is 11.6 Å². The second kappa shape index (κ2) is 5.01. The largest absolute Gasteiger partial charge is 0.399 e. The van der Waals surface area contributed by atoms with Crippen LogP contribution in [0.3, 0.4) is 0 Å². The molecule has 0 radical (unpaired) electrons. The Balaban J connectivity index is 2.31. The summed E-state index contributed by atoms with van der Waals surface area (Å²) in [5.41, 5.74) is 5.57. The molecule has 1 aromatic carbocycles. The van der Waals surface area contributed by atoms with Gasteiger partial charge >= 0.3 is 0 Å². The van der Waals surface area contributed by atoms with Crippen LogP contribution in [0, 0.1) is 10.1 Å². The highest BCUT2D eigenvalue weighted by atomic mass is 16.6. The first-order valence-electron chi connectivity index (χ1n) is 5.50. The van der Waals surface area contributed by atoms with Gasteiger partial charge < -0.3 is 15.4 Å². The maximum Gasteiger partial charge on any atom is 0.284 e. The van der Waals surface area contributed by atoms with Gasteiger partial charge in [0.05, 0.1) is 18.1 Å². The van der Waals surface area contributed by atoms with Gasteiger partial charge in [-0.05, 0) is 12.1 Å². The van der Waals surface area contributed by atoms with Crippen molar-refractivity contribution in [2.75, 3.05) is 32.0 Å². The molecule has 96 valence electrons. The third-order valence-corrected chi connectivity index (χ3v) is 2.75. The summed E-state index contributed by atoms with van der Waals surface area (Å²) < 4.78 is 5.13. The van der Waals surface area contributed by atoms with E-state index >= 15 is 0 Å². The number of nitro benzene ring substituents is 1. The first-order chi connectivity index (χ1) is 8.59. The number of amides is 1. The summed E-state index contributed by atoms with van der Waals surface area (Å²) in [6.45, 7) is 1.80. The van der Waals surface area contributed by atoms with Gasteiger partial charge in [0.15, 0.2) is 0 Å². The first-order valence-corrected chi connectivity index (χ1v) is 5.50. The Morgan fingerprint density at radius 2 is 2.06 bits per heavy atom. The highest BCUT2D eigenvalue weighted by molar-refractivity contribution is 5.98. The van der Waals surface area contributed by atoms with Crippen LogP contribution in [-0.4, -0.2) is 42.0 Å². The molecule has 1 saturated heterocycles. The molecule has 1 aliphatic rings. The van der Waals surface area contributed by atoms with E-state index in [0.717, 1.165) is 0 Å². The molecule has 1 aliphatic heterocycles. The molecule has 0 bridgehead atoms. The molecule has 0 aromatic heterocycles. The molecular formula is C11H13N3O4. The lowest BCUT2D eigenvalue weighted by Gasteiger charge is -2.26. The Hall–Kier alpha value is -2.15. The summed E-state index contributed by atoms with van der Waals surface area (Å²) in [5, 5.41) is 10.9. The second-order valence-electron chi connectivity index (χ2n) is 3.94. The first kappa shape index (κ1) is 12.3. The molecule has 0 aliphatic carbocycles. The van der Waals surface area contributed by atoms with Crippen molar-refractivity contribution in [3.05, 3.63) is 33.9 Å². The van der Waals surface area contributed by atoms with Crippen LogP contribution in [0.1, 0.15) is 10.4 Å². The molecule has 0 atom stereocenters. The van der Waals surface area contributed by atoms with E-state index in [-0.39, 0.29) is 22.8 Å². The Kier molecular flexibility index (Phi) is 3.42. The highest BCUT2D eigenvalue weighted by Gasteiger charge is 2.25. The van der Waals surface area contributed by atoms with Crippen LogP contribution in [0.25, 0.3) is 0 Å². The third kappa shape index (κ3) is 2.40. The van der Waals surface area contributed by atoms with Gasteiger partial charge in [-0.3, -0.25) is 14.9 Å². The van der Waals surface area contributed by atoms with Gasteiger partial charge in [-0.25, -0.2) is 0 Å². The average molecular weight is 251 g/mol. The summed E-state index contributed by atoms with van der Waals surface area (Å²) in [6.07, 6.45) is 0. The van der Waals surface area contributed by atoms with Crippen molar-refractivity contribution >= 4 is 17.3 Å². The molecule has 7 nitrogen and oxygen atoms in total. The van der Waals surface area contributed by atoms with Gasteiger partial charge in [0, 0.05) is 24.8 Å². The zero-order chi connectivity index (χ0) is 13.1. The van der Waals surface area contributed by atoms with Crippen LogP contribution in [0.5, 0.6) is 0 Å². The van der Waals surface area contributed by atoms with Gasteiger partial charge in [0.2, 0.25) is 0 Å². The van der Waals surface area contributed by atoms with E-state index in [2.05, 4.69) is 0 Å². The Morgan fingerprint density at radius 1 is 1.39 bits per heavy atom. The summed E-state index contributed by atoms with van der Waals surface area (Å²) in [5.74, 6) is -0.356. The number of morpholine rings is 1. The third-order valence-electron chi connectivity index (χ3n) is 2.75. The maximum atomic E-state index is 12.2. The number of ether oxygens (including phenoxy) is 1. The van der Waals surface area contributed by atoms with Gasteiger partial charge in [-0.2, -0.15) is 0 Å². The number of nitrogen functional groups attached to an aromatic ring is 1. The summed E-state index contributed by atoms with van der Waals surface area (Å²) in [4.78, 5) is 24.0. The Labute approximate surface area is 103 Å². The van der Waals surface area contributed by atoms with Crippen molar-refractivity contribution in [1.29, 1.82) is 0 Å². The molecule has 1 heterocycles. The van der Waals surface area contributed by atoms with E-state index < -0.39 is 4.92 Å². The lowest BCUT2D eigenvalue weighted by atomic mass is 10.1.